The summed E-state index contributed by atoms with van der Waals surface area (Å²) in [5.41, 5.74) is 11.2. The van der Waals surface area contributed by atoms with Crippen molar-refractivity contribution in [3.8, 4) is 0 Å². The van der Waals surface area contributed by atoms with Crippen LogP contribution in [0.25, 0.3) is 0 Å². The molecule has 0 bridgehead atoms. The Bertz CT molecular complexity index is 1420. The summed E-state index contributed by atoms with van der Waals surface area (Å²) in [4.78, 5) is 70.4. The second-order valence-electron chi connectivity index (χ2n) is 8.21. The van der Waals surface area contributed by atoms with Crippen molar-refractivity contribution in [1.29, 1.82) is 0 Å². The number of carbonyl (C=O) groups is 5. The number of carbonyl (C=O) groups excluding carboxylic acids is 4. The fourth-order valence-electron chi connectivity index (χ4n) is 3.66. The molecule has 3 atom stereocenters. The van der Waals surface area contributed by atoms with E-state index < -0.39 is 52.9 Å². The molecule has 18 heteroatoms. The summed E-state index contributed by atoms with van der Waals surface area (Å²) in [6.07, 6.45) is 1.58. The minimum absolute atomic E-state index is 0.0152. The van der Waals surface area contributed by atoms with Crippen LogP contribution in [0.15, 0.2) is 41.0 Å². The van der Waals surface area contributed by atoms with Crippen molar-refractivity contribution >= 4 is 63.8 Å². The SMILES string of the molecule is CC(ON=C(C(=O)NC1C(=O)N2C(C(N)=O)=C(C[n+]3ccc(C(=O)[O-])cc3)CS[C@@H]12)c1nsc(N)n1)C(=O)O. The van der Waals surface area contributed by atoms with E-state index >= 15 is 0 Å². The normalized spacial score (nSPS) is 19.6. The molecule has 2 aromatic rings. The van der Waals surface area contributed by atoms with Crippen molar-refractivity contribution in [3.63, 3.8) is 0 Å². The molecule has 39 heavy (non-hydrogen) atoms. The largest absolute Gasteiger partial charge is 0.545 e. The summed E-state index contributed by atoms with van der Waals surface area (Å²) in [5, 5.41) is 25.4. The van der Waals surface area contributed by atoms with Crippen LogP contribution in [0.3, 0.4) is 0 Å². The molecular formula is C21H20N8O8S2. The number of aliphatic carboxylic acids is 1. The van der Waals surface area contributed by atoms with Crippen molar-refractivity contribution in [2.45, 2.75) is 31.0 Å². The molecule has 16 nitrogen and oxygen atoms in total. The van der Waals surface area contributed by atoms with E-state index in [4.69, 9.17) is 21.4 Å². The number of aromatic nitrogens is 3. The minimum Gasteiger partial charge on any atom is -0.545 e. The lowest BCUT2D eigenvalue weighted by Gasteiger charge is -2.49. The van der Waals surface area contributed by atoms with E-state index in [9.17, 15) is 29.1 Å². The van der Waals surface area contributed by atoms with E-state index in [0.29, 0.717) is 5.57 Å². The van der Waals surface area contributed by atoms with E-state index in [1.165, 1.54) is 48.1 Å². The molecule has 204 valence electrons. The summed E-state index contributed by atoms with van der Waals surface area (Å²) >= 11 is 2.03. The topological polar surface area (TPSA) is 247 Å². The Balaban J connectivity index is 1.53. The first-order valence-electron chi connectivity index (χ1n) is 11.0. The first kappa shape index (κ1) is 27.5. The number of fused-ring (bicyclic) bond motifs is 1. The van der Waals surface area contributed by atoms with Crippen molar-refractivity contribution in [3.05, 3.63) is 47.2 Å². The van der Waals surface area contributed by atoms with Gasteiger partial charge < -0.3 is 36.6 Å². The van der Waals surface area contributed by atoms with E-state index in [1.807, 2.05) is 0 Å². The van der Waals surface area contributed by atoms with Crippen LogP contribution in [0, 0.1) is 0 Å². The number of oxime groups is 1. The molecule has 0 spiro atoms. The predicted octanol–water partition coefficient (Wildman–Crippen LogP) is -3.20. The third kappa shape index (κ3) is 5.65. The maximum absolute atomic E-state index is 13.1. The Labute approximate surface area is 227 Å². The van der Waals surface area contributed by atoms with Crippen molar-refractivity contribution in [2.24, 2.45) is 10.9 Å². The Kier molecular flexibility index (Phi) is 7.77. The highest BCUT2D eigenvalue weighted by Crippen LogP contribution is 2.40. The van der Waals surface area contributed by atoms with Crippen LogP contribution in [0.4, 0.5) is 5.13 Å². The summed E-state index contributed by atoms with van der Waals surface area (Å²) in [6.45, 7) is 1.35. The molecule has 2 unspecified atom stereocenters. The number of amides is 3. The van der Waals surface area contributed by atoms with Crippen LogP contribution < -0.4 is 26.5 Å². The number of carboxylic acids is 2. The van der Waals surface area contributed by atoms with Gasteiger partial charge in [-0.1, -0.05) is 5.16 Å². The first-order valence-corrected chi connectivity index (χ1v) is 12.8. The van der Waals surface area contributed by atoms with Gasteiger partial charge in [-0.25, -0.2) is 9.36 Å². The number of hydrogen-bond donors (Lipinski definition) is 4. The number of rotatable bonds is 10. The summed E-state index contributed by atoms with van der Waals surface area (Å²) in [6, 6.07) is 1.60. The Hall–Kier alpha value is -4.58. The molecular weight excluding hydrogens is 556 g/mol. The summed E-state index contributed by atoms with van der Waals surface area (Å²) < 4.78 is 5.50. The molecule has 4 heterocycles. The van der Waals surface area contributed by atoms with Gasteiger partial charge in [0, 0.05) is 40.6 Å². The molecule has 0 aliphatic carbocycles. The molecule has 2 aliphatic rings. The predicted molar refractivity (Wildman–Crippen MR) is 131 cm³/mol. The fourth-order valence-corrected chi connectivity index (χ4v) is 5.43. The summed E-state index contributed by atoms with van der Waals surface area (Å²) in [7, 11) is 0. The molecule has 1 fully saturated rings. The molecule has 0 aromatic carbocycles. The monoisotopic (exact) mass is 576 g/mol. The van der Waals surface area contributed by atoms with E-state index in [-0.39, 0.29) is 34.5 Å². The van der Waals surface area contributed by atoms with Gasteiger partial charge in [0.05, 0.1) is 5.97 Å². The zero-order valence-corrected chi connectivity index (χ0v) is 21.6. The van der Waals surface area contributed by atoms with Crippen LogP contribution in [0.5, 0.6) is 0 Å². The van der Waals surface area contributed by atoms with Gasteiger partial charge in [0.1, 0.15) is 17.1 Å². The van der Waals surface area contributed by atoms with Crippen LogP contribution in [0.2, 0.25) is 0 Å². The number of β-lactam (4-membered cyclic amide) rings is 1. The smallest absolute Gasteiger partial charge is 0.347 e. The van der Waals surface area contributed by atoms with Crippen LogP contribution in [0.1, 0.15) is 23.1 Å². The minimum atomic E-state index is -1.39. The zero-order chi connectivity index (χ0) is 28.4. The van der Waals surface area contributed by atoms with Gasteiger partial charge in [0.25, 0.3) is 17.7 Å². The molecule has 2 aliphatic heterocycles. The number of nitrogens with one attached hydrogen (secondary N) is 1. The number of pyridine rings is 1. The number of nitrogen functional groups attached to an aromatic ring is 1. The number of nitrogens with two attached hydrogens (primary N) is 2. The number of hydrogen-bond acceptors (Lipinski definition) is 13. The molecule has 1 saturated heterocycles. The lowest BCUT2D eigenvalue weighted by molar-refractivity contribution is -0.689. The third-order valence-electron chi connectivity index (χ3n) is 5.59. The van der Waals surface area contributed by atoms with Crippen molar-refractivity contribution in [2.75, 3.05) is 11.5 Å². The van der Waals surface area contributed by atoms with Gasteiger partial charge in [-0.2, -0.15) is 9.36 Å². The van der Waals surface area contributed by atoms with Gasteiger partial charge in [-0.3, -0.25) is 19.3 Å². The third-order valence-corrected chi connectivity index (χ3v) is 7.47. The number of nitrogens with zero attached hydrogens (tertiary/aromatic N) is 5. The van der Waals surface area contributed by atoms with Gasteiger partial charge in [-0.05, 0) is 6.92 Å². The Morgan fingerprint density at radius 3 is 2.62 bits per heavy atom. The standard InChI is InChI=1S/C21H20N8O8S2/c1-8(19(33)34)37-26-11(15-25-21(23)39-27-15)16(31)24-12-17(32)29-13(14(22)30)10(7-38-18(12)29)6-28-4-2-9(3-5-28)20(35)36/h2-5,8,12,18H,6-7H2,1H3,(H6-,22,23,24,25,27,30,31,33,34,35,36)/t8?,12?,18-/m0/s1. The second kappa shape index (κ2) is 11.0. The van der Waals surface area contributed by atoms with Crippen LogP contribution in [-0.4, -0.2) is 78.0 Å². The van der Waals surface area contributed by atoms with E-state index in [2.05, 4.69) is 19.8 Å². The number of primary amides is 1. The number of carboxylic acid groups (broad SMARTS) is 2. The average Bonchev–Trinajstić information content (AvgIpc) is 3.32. The van der Waals surface area contributed by atoms with Gasteiger partial charge in [-0.15, -0.1) is 11.8 Å². The molecule has 2 aromatic heterocycles. The highest BCUT2D eigenvalue weighted by Gasteiger charge is 2.54. The lowest BCUT2D eigenvalue weighted by Crippen LogP contribution is -2.71. The lowest BCUT2D eigenvalue weighted by atomic mass is 10.0. The quantitative estimate of drug-likeness (QED) is 0.0945. The molecule has 4 rings (SSSR count). The maximum Gasteiger partial charge on any atom is 0.347 e. The van der Waals surface area contributed by atoms with Crippen LogP contribution >= 0.6 is 23.3 Å². The zero-order valence-electron chi connectivity index (χ0n) is 20.0. The van der Waals surface area contributed by atoms with Gasteiger partial charge in [0.2, 0.25) is 17.6 Å². The fraction of sp³-hybridized carbons (Fsp3) is 0.286. The van der Waals surface area contributed by atoms with Crippen molar-refractivity contribution in [1.82, 2.24) is 19.6 Å². The number of anilines is 1. The van der Waals surface area contributed by atoms with Crippen LogP contribution in [-0.2, 0) is 30.6 Å². The van der Waals surface area contributed by atoms with Gasteiger partial charge in [0.15, 0.2) is 24.1 Å². The highest BCUT2D eigenvalue weighted by atomic mass is 32.2. The van der Waals surface area contributed by atoms with Gasteiger partial charge >= 0.3 is 5.97 Å². The Morgan fingerprint density at radius 2 is 2.05 bits per heavy atom. The average molecular weight is 577 g/mol. The molecule has 3 amide bonds. The second-order valence-corrected chi connectivity index (χ2v) is 10.1. The Morgan fingerprint density at radius 1 is 1.36 bits per heavy atom. The van der Waals surface area contributed by atoms with E-state index in [1.54, 1.807) is 4.57 Å². The molecule has 0 saturated carbocycles. The van der Waals surface area contributed by atoms with Crippen molar-refractivity contribution < 1.29 is 43.6 Å². The first-order chi connectivity index (χ1) is 18.5. The molecule has 6 N–H and O–H groups in total. The maximum atomic E-state index is 13.1. The highest BCUT2D eigenvalue weighted by molar-refractivity contribution is 8.00. The number of aromatic carboxylic acids is 1. The number of thioether (sulfide) groups is 1. The van der Waals surface area contributed by atoms with E-state index in [0.717, 1.165) is 11.5 Å². The molecule has 0 radical (unpaired) electrons. The summed E-state index contributed by atoms with van der Waals surface area (Å²) in [5.74, 6) is -5.01.